The fraction of sp³-hybridized carbons (Fsp3) is 0.800. The number of hydrogen-bond acceptors (Lipinski definition) is 0. The van der Waals surface area contributed by atoms with E-state index in [1.165, 1.54) is 19.3 Å². The Morgan fingerprint density at radius 3 is 2.82 bits per heavy atom. The summed E-state index contributed by atoms with van der Waals surface area (Å²) in [4.78, 5) is 0.742. The van der Waals surface area contributed by atoms with E-state index in [1.807, 2.05) is 6.92 Å². The standard InChI is InChI=1S/C10H15Br/c1-3-4-6-10(2)7-5-9(11)8-10/h9H,5-8H2,1-2H3. The van der Waals surface area contributed by atoms with E-state index in [0.29, 0.717) is 5.41 Å². The van der Waals surface area contributed by atoms with Gasteiger partial charge in [-0.25, -0.2) is 0 Å². The lowest BCUT2D eigenvalue weighted by Crippen LogP contribution is -2.10. The van der Waals surface area contributed by atoms with Gasteiger partial charge < -0.3 is 0 Å². The van der Waals surface area contributed by atoms with Crippen molar-refractivity contribution >= 4 is 15.9 Å². The second kappa shape index (κ2) is 3.63. The van der Waals surface area contributed by atoms with Crippen LogP contribution in [0.5, 0.6) is 0 Å². The molecule has 1 rings (SSSR count). The predicted molar refractivity (Wildman–Crippen MR) is 52.7 cm³/mol. The molecule has 1 aliphatic rings. The van der Waals surface area contributed by atoms with Crippen LogP contribution in [-0.2, 0) is 0 Å². The van der Waals surface area contributed by atoms with Crippen molar-refractivity contribution in [2.24, 2.45) is 5.41 Å². The fourth-order valence-corrected chi connectivity index (χ4v) is 2.72. The lowest BCUT2D eigenvalue weighted by molar-refractivity contribution is 0.349. The molecule has 0 N–H and O–H groups in total. The zero-order valence-corrected chi connectivity index (χ0v) is 8.87. The van der Waals surface area contributed by atoms with Crippen LogP contribution in [0.4, 0.5) is 0 Å². The Hall–Kier alpha value is 0.0400. The molecule has 0 bridgehead atoms. The van der Waals surface area contributed by atoms with Crippen LogP contribution in [0.3, 0.4) is 0 Å². The first-order valence-electron chi connectivity index (χ1n) is 4.20. The van der Waals surface area contributed by atoms with Crippen molar-refractivity contribution < 1.29 is 0 Å². The highest BCUT2D eigenvalue weighted by Crippen LogP contribution is 2.43. The van der Waals surface area contributed by atoms with Crippen molar-refractivity contribution in [3.8, 4) is 11.8 Å². The van der Waals surface area contributed by atoms with Crippen LogP contribution in [-0.4, -0.2) is 4.83 Å². The monoisotopic (exact) mass is 214 g/mol. The van der Waals surface area contributed by atoms with Gasteiger partial charge in [0.05, 0.1) is 0 Å². The molecular weight excluding hydrogens is 200 g/mol. The number of hydrogen-bond donors (Lipinski definition) is 0. The summed E-state index contributed by atoms with van der Waals surface area (Å²) in [6.07, 6.45) is 5.02. The molecule has 1 heteroatoms. The molecular formula is C10H15Br. The van der Waals surface area contributed by atoms with Gasteiger partial charge in [0.1, 0.15) is 0 Å². The van der Waals surface area contributed by atoms with Gasteiger partial charge in [0.25, 0.3) is 0 Å². The summed E-state index contributed by atoms with van der Waals surface area (Å²) < 4.78 is 0. The Morgan fingerprint density at radius 2 is 2.36 bits per heavy atom. The Bertz CT molecular complexity index is 187. The molecule has 0 spiro atoms. The van der Waals surface area contributed by atoms with Crippen molar-refractivity contribution in [3.63, 3.8) is 0 Å². The Labute approximate surface area is 77.9 Å². The van der Waals surface area contributed by atoms with Gasteiger partial charge in [-0.2, -0.15) is 0 Å². The Morgan fingerprint density at radius 1 is 1.64 bits per heavy atom. The molecule has 62 valence electrons. The molecule has 1 aliphatic carbocycles. The molecule has 0 aromatic carbocycles. The van der Waals surface area contributed by atoms with E-state index >= 15 is 0 Å². The van der Waals surface area contributed by atoms with Crippen LogP contribution in [0, 0.1) is 17.3 Å². The third-order valence-corrected chi connectivity index (χ3v) is 3.25. The molecule has 1 saturated carbocycles. The average Bonchev–Trinajstić information content (AvgIpc) is 2.28. The molecule has 0 aliphatic heterocycles. The summed E-state index contributed by atoms with van der Waals surface area (Å²) in [7, 11) is 0. The minimum absolute atomic E-state index is 0.497. The van der Waals surface area contributed by atoms with Gasteiger partial charge in [-0.1, -0.05) is 22.9 Å². The highest BCUT2D eigenvalue weighted by molar-refractivity contribution is 9.09. The normalized spacial score (nSPS) is 36.5. The SMILES string of the molecule is CC#CCC1(C)CCC(Br)C1. The van der Waals surface area contributed by atoms with E-state index in [9.17, 15) is 0 Å². The number of alkyl halides is 1. The maximum absolute atomic E-state index is 3.66. The molecule has 0 aromatic heterocycles. The van der Waals surface area contributed by atoms with Crippen molar-refractivity contribution in [3.05, 3.63) is 0 Å². The van der Waals surface area contributed by atoms with Gasteiger partial charge in [-0.3, -0.25) is 0 Å². The van der Waals surface area contributed by atoms with Crippen molar-refractivity contribution in [1.82, 2.24) is 0 Å². The van der Waals surface area contributed by atoms with E-state index in [4.69, 9.17) is 0 Å². The van der Waals surface area contributed by atoms with Crippen LogP contribution < -0.4 is 0 Å². The maximum Gasteiger partial charge on any atom is 0.0151 e. The summed E-state index contributed by atoms with van der Waals surface area (Å²) in [5.41, 5.74) is 0.497. The van der Waals surface area contributed by atoms with Gasteiger partial charge in [0.15, 0.2) is 0 Å². The molecule has 0 saturated heterocycles. The molecule has 0 aromatic rings. The Kier molecular flexibility index (Phi) is 3.01. The molecule has 11 heavy (non-hydrogen) atoms. The average molecular weight is 215 g/mol. The topological polar surface area (TPSA) is 0 Å². The summed E-state index contributed by atoms with van der Waals surface area (Å²) in [6.45, 7) is 4.27. The molecule has 0 amide bonds. The van der Waals surface area contributed by atoms with E-state index in [-0.39, 0.29) is 0 Å². The molecule has 2 atom stereocenters. The highest BCUT2D eigenvalue weighted by Gasteiger charge is 2.32. The van der Waals surface area contributed by atoms with Gasteiger partial charge >= 0.3 is 0 Å². The summed E-state index contributed by atoms with van der Waals surface area (Å²) in [5.74, 6) is 6.15. The molecule has 1 fully saturated rings. The van der Waals surface area contributed by atoms with Crippen molar-refractivity contribution in [2.75, 3.05) is 0 Å². The smallest absolute Gasteiger partial charge is 0.0151 e. The van der Waals surface area contributed by atoms with Crippen LogP contribution in [0.2, 0.25) is 0 Å². The second-order valence-corrected chi connectivity index (χ2v) is 5.05. The van der Waals surface area contributed by atoms with Gasteiger partial charge in [-0.05, 0) is 31.6 Å². The molecule has 2 unspecified atom stereocenters. The quantitative estimate of drug-likeness (QED) is 0.464. The third kappa shape index (κ3) is 2.52. The maximum atomic E-state index is 3.66. The minimum atomic E-state index is 0.497. The first-order valence-corrected chi connectivity index (χ1v) is 5.11. The van der Waals surface area contributed by atoms with Crippen LogP contribution in [0.25, 0.3) is 0 Å². The highest BCUT2D eigenvalue weighted by atomic mass is 79.9. The summed E-state index contributed by atoms with van der Waals surface area (Å²) in [6, 6.07) is 0. The van der Waals surface area contributed by atoms with Gasteiger partial charge in [-0.15, -0.1) is 11.8 Å². The van der Waals surface area contributed by atoms with E-state index in [0.717, 1.165) is 11.2 Å². The second-order valence-electron chi connectivity index (χ2n) is 3.75. The summed E-state index contributed by atoms with van der Waals surface area (Å²) in [5, 5.41) is 0. The molecule has 0 nitrogen and oxygen atoms in total. The lowest BCUT2D eigenvalue weighted by Gasteiger charge is -2.19. The van der Waals surface area contributed by atoms with Crippen LogP contribution >= 0.6 is 15.9 Å². The van der Waals surface area contributed by atoms with Gasteiger partial charge in [0, 0.05) is 11.2 Å². The van der Waals surface area contributed by atoms with Crippen LogP contribution in [0.15, 0.2) is 0 Å². The first kappa shape index (κ1) is 9.13. The molecule has 0 radical (unpaired) electrons. The zero-order valence-electron chi connectivity index (χ0n) is 7.28. The first-order chi connectivity index (χ1) is 5.16. The van der Waals surface area contributed by atoms with E-state index in [2.05, 4.69) is 34.7 Å². The summed E-state index contributed by atoms with van der Waals surface area (Å²) >= 11 is 3.66. The fourth-order valence-electron chi connectivity index (χ4n) is 1.71. The lowest BCUT2D eigenvalue weighted by atomic mass is 9.85. The van der Waals surface area contributed by atoms with Gasteiger partial charge in [0.2, 0.25) is 0 Å². The minimum Gasteiger partial charge on any atom is -0.107 e. The Balaban J connectivity index is 2.46. The van der Waals surface area contributed by atoms with Crippen molar-refractivity contribution in [1.29, 1.82) is 0 Å². The predicted octanol–water partition coefficient (Wildman–Crippen LogP) is 3.35. The number of rotatable bonds is 1. The third-order valence-electron chi connectivity index (χ3n) is 2.47. The van der Waals surface area contributed by atoms with E-state index < -0.39 is 0 Å². The largest absolute Gasteiger partial charge is 0.107 e. The van der Waals surface area contributed by atoms with Crippen LogP contribution in [0.1, 0.15) is 39.5 Å². The molecule has 0 heterocycles. The zero-order chi connectivity index (χ0) is 8.32. The van der Waals surface area contributed by atoms with Crippen molar-refractivity contribution in [2.45, 2.75) is 44.4 Å². The number of halogens is 1. The van der Waals surface area contributed by atoms with E-state index in [1.54, 1.807) is 0 Å².